The molecular weight excluding hydrogens is 249 g/mol. The zero-order chi connectivity index (χ0) is 10.3. The lowest BCUT2D eigenvalue weighted by Gasteiger charge is -2.15. The number of ether oxygens (including phenoxy) is 1. The Balaban J connectivity index is 2.56. The molecule has 1 aliphatic carbocycles. The fourth-order valence-corrected chi connectivity index (χ4v) is 2.14. The molecule has 2 N–H and O–H groups in total. The lowest BCUT2D eigenvalue weighted by Crippen LogP contribution is -2.20. The molecule has 0 aliphatic heterocycles. The Hall–Kier alpha value is -0.610. The van der Waals surface area contributed by atoms with E-state index < -0.39 is 0 Å². The number of nitrogens with two attached hydrogens (primary N) is 1. The van der Waals surface area contributed by atoms with Crippen molar-refractivity contribution >= 4 is 15.9 Å². The largest absolute Gasteiger partial charge is 0.495 e. The zero-order valence-electron chi connectivity index (χ0n) is 7.81. The maximum atomic E-state index is 13.2. The predicted octanol–water partition coefficient (Wildman–Crippen LogP) is 2.54. The van der Waals surface area contributed by atoms with Crippen molar-refractivity contribution in [1.29, 1.82) is 0 Å². The summed E-state index contributed by atoms with van der Waals surface area (Å²) in [7, 11) is 1.56. The van der Waals surface area contributed by atoms with Crippen LogP contribution in [0.25, 0.3) is 0 Å². The first kappa shape index (κ1) is 9.93. The Kier molecular flexibility index (Phi) is 2.27. The molecule has 0 saturated heterocycles. The third-order valence-electron chi connectivity index (χ3n) is 2.54. The summed E-state index contributed by atoms with van der Waals surface area (Å²) in [5.41, 5.74) is 6.39. The average Bonchev–Trinajstić information content (AvgIpc) is 2.84. The molecule has 14 heavy (non-hydrogen) atoms. The lowest BCUT2D eigenvalue weighted by molar-refractivity contribution is 0.400. The second-order valence-corrected chi connectivity index (χ2v) is 4.48. The smallest absolute Gasteiger partial charge is 0.138 e. The summed E-state index contributed by atoms with van der Waals surface area (Å²) in [6, 6.07) is 2.84. The van der Waals surface area contributed by atoms with Gasteiger partial charge in [-0.1, -0.05) is 0 Å². The molecule has 0 radical (unpaired) electrons. The molecule has 2 rings (SSSR count). The van der Waals surface area contributed by atoms with Crippen molar-refractivity contribution in [1.82, 2.24) is 0 Å². The van der Waals surface area contributed by atoms with Crippen LogP contribution in [0, 0.1) is 5.82 Å². The minimum Gasteiger partial charge on any atom is -0.495 e. The summed E-state index contributed by atoms with van der Waals surface area (Å²) in [5.74, 6) is 0.357. The van der Waals surface area contributed by atoms with E-state index in [0.717, 1.165) is 18.4 Å². The molecule has 0 spiro atoms. The number of hydrogen-bond donors (Lipinski definition) is 1. The van der Waals surface area contributed by atoms with Gasteiger partial charge in [-0.3, -0.25) is 0 Å². The van der Waals surface area contributed by atoms with E-state index in [1.807, 2.05) is 0 Å². The van der Waals surface area contributed by atoms with E-state index in [2.05, 4.69) is 15.9 Å². The van der Waals surface area contributed by atoms with Crippen LogP contribution < -0.4 is 10.5 Å². The topological polar surface area (TPSA) is 35.2 Å². The Labute approximate surface area is 90.4 Å². The van der Waals surface area contributed by atoms with Gasteiger partial charge in [-0.25, -0.2) is 4.39 Å². The van der Waals surface area contributed by atoms with Gasteiger partial charge in [0.1, 0.15) is 11.6 Å². The number of halogens is 2. The Morgan fingerprint density at radius 1 is 1.50 bits per heavy atom. The first-order valence-corrected chi connectivity index (χ1v) is 5.18. The molecule has 76 valence electrons. The van der Waals surface area contributed by atoms with E-state index in [4.69, 9.17) is 10.5 Å². The second-order valence-electron chi connectivity index (χ2n) is 3.62. The summed E-state index contributed by atoms with van der Waals surface area (Å²) in [6.07, 6.45) is 1.78. The summed E-state index contributed by atoms with van der Waals surface area (Å²) in [4.78, 5) is 0. The van der Waals surface area contributed by atoms with Crippen molar-refractivity contribution in [2.45, 2.75) is 18.4 Å². The minimum absolute atomic E-state index is 0.288. The molecule has 1 aliphatic rings. The fraction of sp³-hybridized carbons (Fsp3) is 0.400. The highest BCUT2D eigenvalue weighted by atomic mass is 79.9. The molecule has 0 unspecified atom stereocenters. The summed E-state index contributed by atoms with van der Waals surface area (Å²) >= 11 is 3.26. The van der Waals surface area contributed by atoms with Crippen LogP contribution in [0.1, 0.15) is 18.4 Å². The van der Waals surface area contributed by atoms with Gasteiger partial charge in [0.15, 0.2) is 0 Å². The fourth-order valence-electron chi connectivity index (χ4n) is 1.54. The third-order valence-corrected chi connectivity index (χ3v) is 3.13. The van der Waals surface area contributed by atoms with Crippen LogP contribution in [0.4, 0.5) is 4.39 Å². The molecule has 0 atom stereocenters. The second kappa shape index (κ2) is 3.21. The highest BCUT2D eigenvalue weighted by Gasteiger charge is 2.43. The van der Waals surface area contributed by atoms with E-state index in [1.54, 1.807) is 7.11 Å². The molecule has 1 aromatic carbocycles. The van der Waals surface area contributed by atoms with Gasteiger partial charge in [0.05, 0.1) is 11.6 Å². The summed E-state index contributed by atoms with van der Waals surface area (Å²) < 4.78 is 19.0. The van der Waals surface area contributed by atoms with Crippen LogP contribution >= 0.6 is 15.9 Å². The van der Waals surface area contributed by atoms with Crippen molar-refractivity contribution in [3.05, 3.63) is 28.0 Å². The molecule has 0 amide bonds. The quantitative estimate of drug-likeness (QED) is 0.886. The molecule has 0 bridgehead atoms. The van der Waals surface area contributed by atoms with E-state index in [1.165, 1.54) is 12.1 Å². The van der Waals surface area contributed by atoms with Crippen LogP contribution in [-0.4, -0.2) is 7.11 Å². The minimum atomic E-state index is -0.379. The van der Waals surface area contributed by atoms with Crippen LogP contribution in [0.5, 0.6) is 5.75 Å². The average molecular weight is 260 g/mol. The van der Waals surface area contributed by atoms with Gasteiger partial charge in [-0.05, 0) is 40.9 Å². The van der Waals surface area contributed by atoms with E-state index in [0.29, 0.717) is 10.2 Å². The number of rotatable bonds is 2. The predicted molar refractivity (Wildman–Crippen MR) is 55.8 cm³/mol. The molecule has 1 saturated carbocycles. The van der Waals surface area contributed by atoms with Crippen molar-refractivity contribution in [2.24, 2.45) is 5.73 Å². The van der Waals surface area contributed by atoms with Crippen LogP contribution in [0.15, 0.2) is 16.6 Å². The van der Waals surface area contributed by atoms with E-state index >= 15 is 0 Å². The monoisotopic (exact) mass is 259 g/mol. The normalized spacial score (nSPS) is 18.0. The molecule has 0 aromatic heterocycles. The SMILES string of the molecule is COc1c(Br)cc(F)cc1C1(N)CC1. The highest BCUT2D eigenvalue weighted by Crippen LogP contribution is 2.48. The van der Waals surface area contributed by atoms with Gasteiger partial charge in [-0.15, -0.1) is 0 Å². The van der Waals surface area contributed by atoms with Gasteiger partial charge < -0.3 is 10.5 Å². The van der Waals surface area contributed by atoms with Gasteiger partial charge in [-0.2, -0.15) is 0 Å². The van der Waals surface area contributed by atoms with Crippen molar-refractivity contribution in [3.63, 3.8) is 0 Å². The number of methoxy groups -OCH3 is 1. The van der Waals surface area contributed by atoms with E-state index in [9.17, 15) is 4.39 Å². The molecule has 4 heteroatoms. The standard InChI is InChI=1S/C10H11BrFNO/c1-14-9-7(10(13)2-3-10)4-6(12)5-8(9)11/h4-5H,2-3,13H2,1H3. The van der Waals surface area contributed by atoms with Crippen molar-refractivity contribution in [3.8, 4) is 5.75 Å². The van der Waals surface area contributed by atoms with Crippen LogP contribution in [0.3, 0.4) is 0 Å². The molecular formula is C10H11BrFNO. The first-order valence-electron chi connectivity index (χ1n) is 4.39. The summed E-state index contributed by atoms with van der Waals surface area (Å²) in [5, 5.41) is 0. The Morgan fingerprint density at radius 3 is 2.64 bits per heavy atom. The Morgan fingerprint density at radius 2 is 2.14 bits per heavy atom. The van der Waals surface area contributed by atoms with Gasteiger partial charge in [0, 0.05) is 11.1 Å². The molecule has 0 heterocycles. The first-order chi connectivity index (χ1) is 6.57. The number of benzene rings is 1. The molecule has 1 aromatic rings. The zero-order valence-corrected chi connectivity index (χ0v) is 9.40. The van der Waals surface area contributed by atoms with Gasteiger partial charge in [0.2, 0.25) is 0 Å². The highest BCUT2D eigenvalue weighted by molar-refractivity contribution is 9.10. The van der Waals surface area contributed by atoms with E-state index in [-0.39, 0.29) is 11.4 Å². The maximum absolute atomic E-state index is 13.2. The molecule has 2 nitrogen and oxygen atoms in total. The molecule has 1 fully saturated rings. The maximum Gasteiger partial charge on any atom is 0.138 e. The van der Waals surface area contributed by atoms with Crippen LogP contribution in [-0.2, 0) is 5.54 Å². The number of hydrogen-bond acceptors (Lipinski definition) is 2. The lowest BCUT2D eigenvalue weighted by atomic mass is 10.0. The van der Waals surface area contributed by atoms with Gasteiger partial charge in [0.25, 0.3) is 0 Å². The Bertz CT molecular complexity index is 377. The third kappa shape index (κ3) is 1.53. The van der Waals surface area contributed by atoms with Gasteiger partial charge >= 0.3 is 0 Å². The van der Waals surface area contributed by atoms with Crippen molar-refractivity contribution < 1.29 is 9.13 Å². The summed E-state index contributed by atoms with van der Waals surface area (Å²) in [6.45, 7) is 0. The van der Waals surface area contributed by atoms with Crippen LogP contribution in [0.2, 0.25) is 0 Å². The van der Waals surface area contributed by atoms with Crippen molar-refractivity contribution in [2.75, 3.05) is 7.11 Å².